The molecule has 0 aliphatic heterocycles. The van der Waals surface area contributed by atoms with E-state index in [0.717, 1.165) is 5.56 Å². The quantitative estimate of drug-likeness (QED) is 0.863. The van der Waals surface area contributed by atoms with Crippen LogP contribution in [0.3, 0.4) is 0 Å². The largest absolute Gasteiger partial charge is 0.481 e. The van der Waals surface area contributed by atoms with Crippen LogP contribution in [0.2, 0.25) is 0 Å². The topological polar surface area (TPSA) is 63.3 Å². The maximum Gasteiger partial charge on any atom is 0.306 e. The summed E-state index contributed by atoms with van der Waals surface area (Å²) in [5, 5.41) is 8.91. The lowest BCUT2D eigenvalue weighted by Crippen LogP contribution is -2.16. The van der Waals surface area contributed by atoms with Gasteiger partial charge in [0.2, 0.25) is 0 Å². The summed E-state index contributed by atoms with van der Waals surface area (Å²) in [6.45, 7) is 6.51. The first-order valence-corrected chi connectivity index (χ1v) is 6.39. The Morgan fingerprint density at radius 2 is 1.89 bits per heavy atom. The van der Waals surface area contributed by atoms with E-state index in [-0.39, 0.29) is 23.3 Å². The van der Waals surface area contributed by atoms with Gasteiger partial charge in [-0.1, -0.05) is 45.0 Å². The fraction of sp³-hybridized carbons (Fsp3) is 0.533. The van der Waals surface area contributed by atoms with Gasteiger partial charge in [-0.3, -0.25) is 4.79 Å². The van der Waals surface area contributed by atoms with Crippen LogP contribution in [0.5, 0.6) is 0 Å². The number of carboxylic acid groups (broad SMARTS) is 1. The van der Waals surface area contributed by atoms with Crippen LogP contribution in [-0.4, -0.2) is 11.1 Å². The van der Waals surface area contributed by atoms with Crippen LogP contribution < -0.4 is 5.73 Å². The highest BCUT2D eigenvalue weighted by atomic mass is 16.4. The van der Waals surface area contributed by atoms with E-state index < -0.39 is 5.97 Å². The Morgan fingerprint density at radius 1 is 1.33 bits per heavy atom. The van der Waals surface area contributed by atoms with Gasteiger partial charge in [0.1, 0.15) is 0 Å². The van der Waals surface area contributed by atoms with Crippen molar-refractivity contribution in [3.8, 4) is 0 Å². The maximum atomic E-state index is 10.8. The lowest BCUT2D eigenvalue weighted by molar-refractivity contribution is -0.138. The molecule has 98 valence electrons. The standard InChI is InChI=1S/C15H21NO2/c1-15(2,3)10-6-4-9(5-7-10)13(16)11-8-12(11)14(17)18/h4-7,11-13H,8,16H2,1-3H3,(H,17,18). The molecule has 3 heteroatoms. The number of benzene rings is 1. The number of rotatable bonds is 3. The number of nitrogens with two attached hydrogens (primary N) is 1. The van der Waals surface area contributed by atoms with E-state index in [9.17, 15) is 4.79 Å². The van der Waals surface area contributed by atoms with Gasteiger partial charge < -0.3 is 10.8 Å². The minimum atomic E-state index is -0.721. The Morgan fingerprint density at radius 3 is 2.28 bits per heavy atom. The average molecular weight is 247 g/mol. The second-order valence-corrected chi connectivity index (χ2v) is 6.24. The molecule has 18 heavy (non-hydrogen) atoms. The lowest BCUT2D eigenvalue weighted by atomic mass is 9.86. The molecule has 0 spiro atoms. The monoisotopic (exact) mass is 247 g/mol. The van der Waals surface area contributed by atoms with Crippen molar-refractivity contribution in [3.63, 3.8) is 0 Å². The Labute approximate surface area is 108 Å². The van der Waals surface area contributed by atoms with Crippen molar-refractivity contribution < 1.29 is 9.90 Å². The van der Waals surface area contributed by atoms with Gasteiger partial charge >= 0.3 is 5.97 Å². The van der Waals surface area contributed by atoms with Gasteiger partial charge in [-0.2, -0.15) is 0 Å². The van der Waals surface area contributed by atoms with Crippen LogP contribution in [-0.2, 0) is 10.2 Å². The summed E-state index contributed by atoms with van der Waals surface area (Å²) in [6.07, 6.45) is 0.706. The second kappa shape index (κ2) is 4.39. The molecule has 0 aromatic heterocycles. The zero-order valence-electron chi connectivity index (χ0n) is 11.2. The first kappa shape index (κ1) is 13.1. The molecule has 3 N–H and O–H groups in total. The normalized spacial score (nSPS) is 24.7. The highest BCUT2D eigenvalue weighted by Crippen LogP contribution is 2.46. The predicted molar refractivity (Wildman–Crippen MR) is 71.3 cm³/mol. The lowest BCUT2D eigenvalue weighted by Gasteiger charge is -2.20. The number of hydrogen-bond acceptors (Lipinski definition) is 2. The molecule has 0 radical (unpaired) electrons. The van der Waals surface area contributed by atoms with Crippen molar-refractivity contribution in [1.29, 1.82) is 0 Å². The number of hydrogen-bond donors (Lipinski definition) is 2. The average Bonchev–Trinajstić information content (AvgIpc) is 3.07. The van der Waals surface area contributed by atoms with Gasteiger partial charge in [0.15, 0.2) is 0 Å². The first-order valence-electron chi connectivity index (χ1n) is 6.39. The number of carbonyl (C=O) groups is 1. The molecule has 1 aliphatic rings. The van der Waals surface area contributed by atoms with Crippen LogP contribution >= 0.6 is 0 Å². The molecule has 0 bridgehead atoms. The summed E-state index contributed by atoms with van der Waals surface area (Å²) in [5.74, 6) is -0.868. The van der Waals surface area contributed by atoms with Crippen molar-refractivity contribution in [2.24, 2.45) is 17.6 Å². The molecule has 0 saturated heterocycles. The van der Waals surface area contributed by atoms with E-state index >= 15 is 0 Å². The summed E-state index contributed by atoms with van der Waals surface area (Å²) in [7, 11) is 0. The van der Waals surface area contributed by atoms with E-state index in [1.165, 1.54) is 5.56 Å². The maximum absolute atomic E-state index is 10.8. The Balaban J connectivity index is 2.09. The van der Waals surface area contributed by atoms with Crippen LogP contribution in [0.4, 0.5) is 0 Å². The summed E-state index contributed by atoms with van der Waals surface area (Å²) in [4.78, 5) is 10.8. The zero-order chi connectivity index (χ0) is 13.5. The van der Waals surface area contributed by atoms with E-state index in [1.54, 1.807) is 0 Å². The van der Waals surface area contributed by atoms with Crippen molar-refractivity contribution in [2.75, 3.05) is 0 Å². The van der Waals surface area contributed by atoms with Crippen molar-refractivity contribution in [2.45, 2.75) is 38.6 Å². The van der Waals surface area contributed by atoms with Gasteiger partial charge in [0.05, 0.1) is 5.92 Å². The predicted octanol–water partition coefficient (Wildman–Crippen LogP) is 2.70. The highest BCUT2D eigenvalue weighted by Gasteiger charge is 2.47. The Bertz CT molecular complexity index is 445. The fourth-order valence-electron chi connectivity index (χ4n) is 2.35. The smallest absolute Gasteiger partial charge is 0.306 e. The van der Waals surface area contributed by atoms with Crippen LogP contribution in [0.1, 0.15) is 44.4 Å². The second-order valence-electron chi connectivity index (χ2n) is 6.24. The molecule has 3 unspecified atom stereocenters. The van der Waals surface area contributed by atoms with Crippen molar-refractivity contribution >= 4 is 5.97 Å². The highest BCUT2D eigenvalue weighted by molar-refractivity contribution is 5.73. The number of carboxylic acids is 1. The molecule has 3 atom stereocenters. The van der Waals surface area contributed by atoms with Crippen LogP contribution in [0, 0.1) is 11.8 Å². The van der Waals surface area contributed by atoms with E-state index in [0.29, 0.717) is 6.42 Å². The van der Waals surface area contributed by atoms with E-state index in [1.807, 2.05) is 12.1 Å². The first-order chi connectivity index (χ1) is 8.30. The molecule has 3 nitrogen and oxygen atoms in total. The summed E-state index contributed by atoms with van der Waals surface area (Å²) in [5.41, 5.74) is 8.56. The van der Waals surface area contributed by atoms with E-state index in [2.05, 4.69) is 32.9 Å². The fourth-order valence-corrected chi connectivity index (χ4v) is 2.35. The van der Waals surface area contributed by atoms with E-state index in [4.69, 9.17) is 10.8 Å². The molecule has 1 aliphatic carbocycles. The van der Waals surface area contributed by atoms with Gasteiger partial charge in [0, 0.05) is 6.04 Å². The molecule has 1 fully saturated rings. The Kier molecular flexibility index (Phi) is 3.20. The molecule has 2 rings (SSSR count). The summed E-state index contributed by atoms with van der Waals surface area (Å²) >= 11 is 0. The Hall–Kier alpha value is -1.35. The zero-order valence-corrected chi connectivity index (χ0v) is 11.2. The van der Waals surface area contributed by atoms with Gasteiger partial charge in [-0.05, 0) is 28.9 Å². The molecule has 0 amide bonds. The summed E-state index contributed by atoms with van der Waals surface area (Å²) in [6, 6.07) is 8.09. The van der Waals surface area contributed by atoms with Gasteiger partial charge in [-0.25, -0.2) is 0 Å². The van der Waals surface area contributed by atoms with Crippen molar-refractivity contribution in [3.05, 3.63) is 35.4 Å². The van der Waals surface area contributed by atoms with Gasteiger partial charge in [-0.15, -0.1) is 0 Å². The molecule has 1 saturated carbocycles. The third-order valence-electron chi connectivity index (χ3n) is 3.78. The third-order valence-corrected chi connectivity index (χ3v) is 3.78. The summed E-state index contributed by atoms with van der Waals surface area (Å²) < 4.78 is 0. The molecule has 0 heterocycles. The van der Waals surface area contributed by atoms with Crippen molar-refractivity contribution in [1.82, 2.24) is 0 Å². The molecular weight excluding hydrogens is 226 g/mol. The third kappa shape index (κ3) is 2.56. The minimum absolute atomic E-state index is 0.1000. The number of aliphatic carboxylic acids is 1. The molecular formula is C15H21NO2. The SMILES string of the molecule is CC(C)(C)c1ccc(C(N)C2CC2C(=O)O)cc1. The van der Waals surface area contributed by atoms with Crippen LogP contribution in [0.15, 0.2) is 24.3 Å². The van der Waals surface area contributed by atoms with Crippen LogP contribution in [0.25, 0.3) is 0 Å². The molecule has 1 aromatic rings. The van der Waals surface area contributed by atoms with Gasteiger partial charge in [0.25, 0.3) is 0 Å². The minimum Gasteiger partial charge on any atom is -0.481 e. The molecule has 1 aromatic carbocycles.